The van der Waals surface area contributed by atoms with Gasteiger partial charge in [0.05, 0.1) is 10.8 Å². The third-order valence-corrected chi connectivity index (χ3v) is 3.61. The van der Waals surface area contributed by atoms with E-state index >= 15 is 0 Å². The molecule has 0 aliphatic carbocycles. The number of nitrogens with zero attached hydrogens (tertiary/aromatic N) is 2. The molecule has 18 heavy (non-hydrogen) atoms. The maximum absolute atomic E-state index is 11.0. The minimum absolute atomic E-state index is 0.398. The van der Waals surface area contributed by atoms with Gasteiger partial charge in [0.2, 0.25) is 0 Å². The van der Waals surface area contributed by atoms with Gasteiger partial charge in [-0.2, -0.15) is 0 Å². The van der Waals surface area contributed by atoms with Crippen molar-refractivity contribution in [1.29, 1.82) is 0 Å². The molecule has 0 spiro atoms. The zero-order valence-electron chi connectivity index (χ0n) is 11.2. The lowest BCUT2D eigenvalue weighted by atomic mass is 10.0. The van der Waals surface area contributed by atoms with Crippen LogP contribution in [0.15, 0.2) is 35.6 Å². The summed E-state index contributed by atoms with van der Waals surface area (Å²) in [6, 6.07) is 9.32. The SMILES string of the molecule is CSC(C(O)c1ccccc1)N(N=O)C(C)(C)C. The summed E-state index contributed by atoms with van der Waals surface area (Å²) in [5, 5.41) is 14.5. The normalized spacial score (nSPS) is 14.9. The Morgan fingerprint density at radius 3 is 2.22 bits per heavy atom. The van der Waals surface area contributed by atoms with Crippen LogP contribution in [0.25, 0.3) is 0 Å². The predicted octanol–water partition coefficient (Wildman–Crippen LogP) is 3.19. The predicted molar refractivity (Wildman–Crippen MR) is 76.1 cm³/mol. The van der Waals surface area contributed by atoms with Crippen LogP contribution in [0.2, 0.25) is 0 Å². The van der Waals surface area contributed by atoms with Gasteiger partial charge in [-0.1, -0.05) is 30.3 Å². The number of rotatable bonds is 5. The van der Waals surface area contributed by atoms with Gasteiger partial charge < -0.3 is 5.11 Å². The van der Waals surface area contributed by atoms with Crippen molar-refractivity contribution >= 4 is 11.8 Å². The minimum atomic E-state index is -0.752. The lowest BCUT2D eigenvalue weighted by molar-refractivity contribution is 0.0409. The lowest BCUT2D eigenvalue weighted by Crippen LogP contribution is -2.45. The van der Waals surface area contributed by atoms with E-state index in [1.54, 1.807) is 0 Å². The van der Waals surface area contributed by atoms with E-state index in [9.17, 15) is 10.0 Å². The van der Waals surface area contributed by atoms with E-state index in [1.807, 2.05) is 57.4 Å². The van der Waals surface area contributed by atoms with Crippen molar-refractivity contribution in [2.24, 2.45) is 5.29 Å². The molecule has 2 atom stereocenters. The second-order valence-electron chi connectivity index (χ2n) is 5.08. The monoisotopic (exact) mass is 268 g/mol. The molecule has 0 saturated carbocycles. The molecule has 100 valence electrons. The van der Waals surface area contributed by atoms with Crippen LogP contribution in [0.1, 0.15) is 32.4 Å². The fourth-order valence-corrected chi connectivity index (χ4v) is 2.70. The number of hydrogen-bond donors (Lipinski definition) is 1. The number of hydrogen-bond acceptors (Lipinski definition) is 4. The van der Waals surface area contributed by atoms with Crippen LogP contribution in [-0.2, 0) is 0 Å². The zero-order chi connectivity index (χ0) is 13.8. The van der Waals surface area contributed by atoms with Crippen LogP contribution < -0.4 is 0 Å². The Kier molecular flexibility index (Phi) is 5.16. The van der Waals surface area contributed by atoms with Crippen molar-refractivity contribution in [2.45, 2.75) is 37.8 Å². The Bertz CT molecular complexity index is 378. The molecule has 0 aliphatic rings. The Hall–Kier alpha value is -1.07. The molecule has 4 nitrogen and oxygen atoms in total. The summed E-state index contributed by atoms with van der Waals surface area (Å²) in [7, 11) is 0. The van der Waals surface area contributed by atoms with Crippen LogP contribution in [0.3, 0.4) is 0 Å². The van der Waals surface area contributed by atoms with Crippen LogP contribution in [0.5, 0.6) is 0 Å². The molecule has 1 rings (SSSR count). The molecule has 0 fully saturated rings. The molecule has 0 heterocycles. The molecule has 0 amide bonds. The average Bonchev–Trinajstić information content (AvgIpc) is 2.34. The Morgan fingerprint density at radius 1 is 1.28 bits per heavy atom. The second kappa shape index (κ2) is 6.20. The van der Waals surface area contributed by atoms with Gasteiger partial charge in [0, 0.05) is 0 Å². The van der Waals surface area contributed by atoms with Crippen LogP contribution in [0, 0.1) is 4.91 Å². The van der Waals surface area contributed by atoms with Crippen molar-refractivity contribution in [3.8, 4) is 0 Å². The fraction of sp³-hybridized carbons (Fsp3) is 0.538. The largest absolute Gasteiger partial charge is 0.385 e. The van der Waals surface area contributed by atoms with Gasteiger partial charge in [0.1, 0.15) is 11.5 Å². The number of aliphatic hydroxyl groups excluding tert-OH is 1. The van der Waals surface area contributed by atoms with Gasteiger partial charge in [0.15, 0.2) is 0 Å². The highest BCUT2D eigenvalue weighted by molar-refractivity contribution is 7.99. The molecule has 1 N–H and O–H groups in total. The summed E-state index contributed by atoms with van der Waals surface area (Å²) < 4.78 is 0. The fourth-order valence-electron chi connectivity index (χ4n) is 1.73. The maximum Gasteiger partial charge on any atom is 0.126 e. The van der Waals surface area contributed by atoms with Crippen molar-refractivity contribution in [3.63, 3.8) is 0 Å². The molecule has 5 heteroatoms. The van der Waals surface area contributed by atoms with E-state index in [1.165, 1.54) is 16.8 Å². The van der Waals surface area contributed by atoms with Gasteiger partial charge >= 0.3 is 0 Å². The summed E-state index contributed by atoms with van der Waals surface area (Å²) >= 11 is 1.41. The summed E-state index contributed by atoms with van der Waals surface area (Å²) in [6.07, 6.45) is 1.11. The van der Waals surface area contributed by atoms with Gasteiger partial charge in [0.25, 0.3) is 0 Å². The molecule has 0 aromatic heterocycles. The van der Waals surface area contributed by atoms with Crippen molar-refractivity contribution < 1.29 is 5.11 Å². The van der Waals surface area contributed by atoms with Gasteiger partial charge in [-0.3, -0.25) is 0 Å². The molecule has 1 aromatic carbocycles. The lowest BCUT2D eigenvalue weighted by Gasteiger charge is -2.38. The van der Waals surface area contributed by atoms with Crippen molar-refractivity contribution in [3.05, 3.63) is 40.8 Å². The van der Waals surface area contributed by atoms with E-state index in [0.29, 0.717) is 0 Å². The summed E-state index contributed by atoms with van der Waals surface area (Å²) in [6.45, 7) is 5.69. The second-order valence-corrected chi connectivity index (χ2v) is 6.03. The number of benzene rings is 1. The highest BCUT2D eigenvalue weighted by atomic mass is 32.2. The van der Waals surface area contributed by atoms with E-state index < -0.39 is 17.0 Å². The van der Waals surface area contributed by atoms with E-state index in [4.69, 9.17) is 0 Å². The van der Waals surface area contributed by atoms with Gasteiger partial charge in [-0.25, -0.2) is 5.01 Å². The minimum Gasteiger partial charge on any atom is -0.385 e. The van der Waals surface area contributed by atoms with E-state index in [-0.39, 0.29) is 0 Å². The topological polar surface area (TPSA) is 52.9 Å². The van der Waals surface area contributed by atoms with Gasteiger partial charge in [-0.15, -0.1) is 16.7 Å². The van der Waals surface area contributed by atoms with E-state index in [2.05, 4.69) is 5.29 Å². The van der Waals surface area contributed by atoms with Crippen LogP contribution in [0.4, 0.5) is 0 Å². The molecule has 0 radical (unpaired) electrons. The Balaban J connectivity index is 2.99. The summed E-state index contributed by atoms with van der Waals surface area (Å²) in [5.74, 6) is 0. The first-order valence-electron chi connectivity index (χ1n) is 5.80. The number of thioether (sulfide) groups is 1. The Morgan fingerprint density at radius 2 is 1.83 bits per heavy atom. The highest BCUT2D eigenvalue weighted by Gasteiger charge is 2.34. The molecular weight excluding hydrogens is 248 g/mol. The molecule has 0 saturated heterocycles. The maximum atomic E-state index is 11.0. The number of nitroso groups, excluding NO2 is 1. The number of aliphatic hydroxyl groups is 1. The zero-order valence-corrected chi connectivity index (χ0v) is 12.0. The molecule has 1 aromatic rings. The quantitative estimate of drug-likeness (QED) is 0.506. The Labute approximate surface area is 112 Å². The summed E-state index contributed by atoms with van der Waals surface area (Å²) in [5.41, 5.74) is 0.361. The highest BCUT2D eigenvalue weighted by Crippen LogP contribution is 2.32. The van der Waals surface area contributed by atoms with Gasteiger partial charge in [-0.05, 0) is 32.6 Å². The first-order valence-corrected chi connectivity index (χ1v) is 7.09. The van der Waals surface area contributed by atoms with Crippen molar-refractivity contribution in [2.75, 3.05) is 6.26 Å². The molecule has 0 bridgehead atoms. The molecule has 0 aliphatic heterocycles. The first-order chi connectivity index (χ1) is 8.41. The summed E-state index contributed by atoms with van der Waals surface area (Å²) in [4.78, 5) is 11.0. The van der Waals surface area contributed by atoms with Crippen molar-refractivity contribution in [1.82, 2.24) is 5.01 Å². The third kappa shape index (κ3) is 3.46. The standard InChI is InChI=1S/C13H20N2O2S/c1-13(2,3)15(14-17)12(18-4)11(16)10-8-6-5-7-9-10/h5-9,11-12,16H,1-4H3. The first kappa shape index (κ1) is 15.0. The van der Waals surface area contributed by atoms with Crippen LogP contribution >= 0.6 is 11.8 Å². The average molecular weight is 268 g/mol. The smallest absolute Gasteiger partial charge is 0.126 e. The molecular formula is C13H20N2O2S. The molecule has 2 unspecified atom stereocenters. The van der Waals surface area contributed by atoms with Crippen LogP contribution in [-0.4, -0.2) is 27.3 Å². The third-order valence-electron chi connectivity index (χ3n) is 2.67. The van der Waals surface area contributed by atoms with E-state index in [0.717, 1.165) is 5.56 Å².